The van der Waals surface area contributed by atoms with Crippen LogP contribution in [-0.4, -0.2) is 36.1 Å². The number of nitrogens with one attached hydrogen (secondary N) is 1. The molecule has 2 atom stereocenters. The van der Waals surface area contributed by atoms with E-state index < -0.39 is 0 Å². The van der Waals surface area contributed by atoms with Crippen LogP contribution in [0.4, 0.5) is 0 Å². The molecule has 1 aliphatic carbocycles. The van der Waals surface area contributed by atoms with Crippen LogP contribution in [0, 0.1) is 0 Å². The zero-order valence-corrected chi connectivity index (χ0v) is 13.9. The van der Waals surface area contributed by atoms with Crippen molar-refractivity contribution < 1.29 is 0 Å². The molecule has 0 saturated carbocycles. The Morgan fingerprint density at radius 2 is 1.90 bits per heavy atom. The maximum Gasteiger partial charge on any atom is 0.0463 e. The molecule has 0 spiro atoms. The van der Waals surface area contributed by atoms with E-state index in [1.54, 1.807) is 5.57 Å². The second-order valence-corrected chi connectivity index (χ2v) is 6.77. The molecular weight excluding hydrogens is 244 g/mol. The minimum absolute atomic E-state index is 0.294. The largest absolute Gasteiger partial charge is 0.309 e. The molecule has 1 fully saturated rings. The first-order valence-corrected chi connectivity index (χ1v) is 8.89. The average Bonchev–Trinajstić information content (AvgIpc) is 2.88. The van der Waals surface area contributed by atoms with Gasteiger partial charge in [0.1, 0.15) is 0 Å². The Balaban J connectivity index is 2.21. The van der Waals surface area contributed by atoms with Crippen LogP contribution in [0.3, 0.4) is 0 Å². The smallest absolute Gasteiger partial charge is 0.0463 e. The predicted molar refractivity (Wildman–Crippen MR) is 88.1 cm³/mol. The molecule has 1 heterocycles. The van der Waals surface area contributed by atoms with Gasteiger partial charge in [0.15, 0.2) is 0 Å². The zero-order chi connectivity index (χ0) is 14.4. The Morgan fingerprint density at radius 1 is 1.15 bits per heavy atom. The van der Waals surface area contributed by atoms with Crippen molar-refractivity contribution in [3.05, 3.63) is 11.6 Å². The van der Waals surface area contributed by atoms with Gasteiger partial charge in [0.2, 0.25) is 0 Å². The summed E-state index contributed by atoms with van der Waals surface area (Å²) in [6, 6.07) is 0.550. The molecule has 2 aliphatic rings. The van der Waals surface area contributed by atoms with E-state index in [0.717, 1.165) is 6.54 Å². The first-order valence-electron chi connectivity index (χ1n) is 8.89. The van der Waals surface area contributed by atoms with Gasteiger partial charge in [-0.15, -0.1) is 0 Å². The van der Waals surface area contributed by atoms with Crippen LogP contribution in [0.1, 0.15) is 72.1 Å². The second-order valence-electron chi connectivity index (χ2n) is 6.77. The van der Waals surface area contributed by atoms with Crippen LogP contribution >= 0.6 is 0 Å². The molecule has 1 saturated heterocycles. The molecule has 0 bridgehead atoms. The fraction of sp³-hybridized carbons (Fsp3) is 0.889. The minimum Gasteiger partial charge on any atom is -0.309 e. The summed E-state index contributed by atoms with van der Waals surface area (Å²) in [5, 5.41) is 3.84. The number of hydrogen-bond acceptors (Lipinski definition) is 2. The fourth-order valence-corrected chi connectivity index (χ4v) is 4.09. The third-order valence-corrected chi connectivity index (χ3v) is 5.52. The van der Waals surface area contributed by atoms with E-state index >= 15 is 0 Å². The van der Waals surface area contributed by atoms with Crippen LogP contribution < -0.4 is 5.32 Å². The number of rotatable bonds is 6. The summed E-state index contributed by atoms with van der Waals surface area (Å²) in [7, 11) is 0. The van der Waals surface area contributed by atoms with E-state index in [1.807, 2.05) is 0 Å². The molecule has 0 aromatic carbocycles. The van der Waals surface area contributed by atoms with Crippen LogP contribution in [0.15, 0.2) is 11.6 Å². The highest BCUT2D eigenvalue weighted by atomic mass is 15.2. The molecule has 0 radical (unpaired) electrons. The molecule has 20 heavy (non-hydrogen) atoms. The van der Waals surface area contributed by atoms with Gasteiger partial charge in [-0.3, -0.25) is 4.90 Å². The van der Waals surface area contributed by atoms with Crippen molar-refractivity contribution in [2.75, 3.05) is 19.6 Å². The van der Waals surface area contributed by atoms with Gasteiger partial charge >= 0.3 is 0 Å². The lowest BCUT2D eigenvalue weighted by Gasteiger charge is -2.46. The monoisotopic (exact) mass is 278 g/mol. The highest BCUT2D eigenvalue weighted by Gasteiger charge is 2.40. The van der Waals surface area contributed by atoms with Crippen molar-refractivity contribution >= 4 is 0 Å². The molecule has 1 N–H and O–H groups in total. The SMILES string of the molecule is CCNC(C1=CCCCCC1)C(C)(CC)N1CCCC1. The number of hydrogen-bond donors (Lipinski definition) is 1. The highest BCUT2D eigenvalue weighted by molar-refractivity contribution is 5.20. The first-order chi connectivity index (χ1) is 9.72. The van der Waals surface area contributed by atoms with E-state index in [2.05, 4.69) is 37.1 Å². The third-order valence-electron chi connectivity index (χ3n) is 5.52. The van der Waals surface area contributed by atoms with Gasteiger partial charge in [0.25, 0.3) is 0 Å². The molecule has 2 rings (SSSR count). The summed E-state index contributed by atoms with van der Waals surface area (Å²) in [6.45, 7) is 10.8. The Hall–Kier alpha value is -0.340. The number of allylic oxidation sites excluding steroid dienone is 1. The summed E-state index contributed by atoms with van der Waals surface area (Å²) in [5.41, 5.74) is 1.99. The number of nitrogens with zero attached hydrogens (tertiary/aromatic N) is 1. The van der Waals surface area contributed by atoms with Gasteiger partial charge in [0.05, 0.1) is 0 Å². The Labute approximate surface area is 126 Å². The van der Waals surface area contributed by atoms with E-state index in [0.29, 0.717) is 11.6 Å². The molecule has 0 aromatic rings. The van der Waals surface area contributed by atoms with Gasteiger partial charge in [-0.05, 0) is 71.5 Å². The molecule has 2 heteroatoms. The van der Waals surface area contributed by atoms with Gasteiger partial charge < -0.3 is 5.32 Å². The second kappa shape index (κ2) is 7.61. The quantitative estimate of drug-likeness (QED) is 0.735. The van der Waals surface area contributed by atoms with Gasteiger partial charge in [-0.2, -0.15) is 0 Å². The van der Waals surface area contributed by atoms with Crippen molar-refractivity contribution in [3.8, 4) is 0 Å². The zero-order valence-electron chi connectivity index (χ0n) is 13.9. The maximum atomic E-state index is 3.84. The predicted octanol–water partition coefficient (Wildman–Crippen LogP) is 4.12. The summed E-state index contributed by atoms with van der Waals surface area (Å²) in [5.74, 6) is 0. The maximum absolute atomic E-state index is 3.84. The third kappa shape index (κ3) is 3.46. The van der Waals surface area contributed by atoms with Crippen molar-refractivity contribution in [1.29, 1.82) is 0 Å². The number of likely N-dealkylation sites (N-methyl/N-ethyl adjacent to an activating group) is 1. The summed E-state index contributed by atoms with van der Waals surface area (Å²) >= 11 is 0. The minimum atomic E-state index is 0.294. The van der Waals surface area contributed by atoms with Crippen molar-refractivity contribution in [2.45, 2.75) is 83.7 Å². The van der Waals surface area contributed by atoms with Crippen molar-refractivity contribution in [2.24, 2.45) is 0 Å². The summed E-state index contributed by atoms with van der Waals surface area (Å²) in [4.78, 5) is 2.76. The van der Waals surface area contributed by atoms with E-state index in [4.69, 9.17) is 0 Å². The van der Waals surface area contributed by atoms with Crippen LogP contribution in [0.2, 0.25) is 0 Å². The van der Waals surface area contributed by atoms with E-state index in [1.165, 1.54) is 64.5 Å². The van der Waals surface area contributed by atoms with Crippen LogP contribution in [0.5, 0.6) is 0 Å². The van der Waals surface area contributed by atoms with Gasteiger partial charge in [-0.25, -0.2) is 0 Å². The highest BCUT2D eigenvalue weighted by Crippen LogP contribution is 2.34. The lowest BCUT2D eigenvalue weighted by Crippen LogP contribution is -2.59. The average molecular weight is 278 g/mol. The first kappa shape index (κ1) is 16.0. The van der Waals surface area contributed by atoms with E-state index in [9.17, 15) is 0 Å². The van der Waals surface area contributed by atoms with Crippen molar-refractivity contribution in [1.82, 2.24) is 10.2 Å². The van der Waals surface area contributed by atoms with Gasteiger partial charge in [0, 0.05) is 11.6 Å². The molecule has 0 aromatic heterocycles. The Kier molecular flexibility index (Phi) is 6.10. The van der Waals surface area contributed by atoms with Crippen molar-refractivity contribution in [3.63, 3.8) is 0 Å². The molecule has 1 aliphatic heterocycles. The summed E-state index contributed by atoms with van der Waals surface area (Å²) < 4.78 is 0. The fourth-order valence-electron chi connectivity index (χ4n) is 4.09. The topological polar surface area (TPSA) is 15.3 Å². The molecule has 2 unspecified atom stereocenters. The van der Waals surface area contributed by atoms with E-state index in [-0.39, 0.29) is 0 Å². The Bertz CT molecular complexity index is 317. The number of likely N-dealkylation sites (tertiary alicyclic amines) is 1. The van der Waals surface area contributed by atoms with Crippen LogP contribution in [0.25, 0.3) is 0 Å². The summed E-state index contributed by atoms with van der Waals surface area (Å²) in [6.07, 6.45) is 13.3. The standard InChI is InChI=1S/C18H34N2/c1-4-18(3,20-14-10-11-15-20)17(19-5-2)16-12-8-6-7-9-13-16/h12,17,19H,4-11,13-15H2,1-3H3. The Morgan fingerprint density at radius 3 is 2.55 bits per heavy atom. The lowest BCUT2D eigenvalue weighted by molar-refractivity contribution is 0.0968. The molecular formula is C18H34N2. The molecule has 2 nitrogen and oxygen atoms in total. The molecule has 0 amide bonds. The normalized spacial score (nSPS) is 25.9. The van der Waals surface area contributed by atoms with Gasteiger partial charge in [-0.1, -0.05) is 31.9 Å². The van der Waals surface area contributed by atoms with Crippen LogP contribution in [-0.2, 0) is 0 Å². The molecule has 116 valence electrons. The lowest BCUT2D eigenvalue weighted by atomic mass is 9.81.